The summed E-state index contributed by atoms with van der Waals surface area (Å²) in [6.45, 7) is 4.15. The Bertz CT molecular complexity index is 142. The predicted molar refractivity (Wildman–Crippen MR) is 44.1 cm³/mol. The van der Waals surface area contributed by atoms with Gasteiger partial charge in [-0.3, -0.25) is 0 Å². The molecule has 0 radical (unpaired) electrons. The first-order chi connectivity index (χ1) is 4.89. The first-order valence-corrected chi connectivity index (χ1v) is 3.87. The summed E-state index contributed by atoms with van der Waals surface area (Å²) in [5.74, 6) is -0.125. The molecule has 0 fully saturated rings. The normalized spacial score (nSPS) is 13.1. The van der Waals surface area contributed by atoms with Gasteiger partial charge >= 0.3 is 5.97 Å². The van der Waals surface area contributed by atoms with E-state index in [1.54, 1.807) is 0 Å². The molecule has 0 bridgehead atoms. The summed E-state index contributed by atoms with van der Waals surface area (Å²) in [4.78, 5) is 11.2. The number of halogens is 1. The molecule has 0 rings (SSSR count). The van der Waals surface area contributed by atoms with Gasteiger partial charge in [0.1, 0.15) is 0 Å². The van der Waals surface area contributed by atoms with E-state index < -0.39 is 0 Å². The van der Waals surface area contributed by atoms with Gasteiger partial charge in [0.2, 0.25) is 0 Å². The summed E-state index contributed by atoms with van der Waals surface area (Å²) in [5, 5.41) is 0. The van der Waals surface area contributed by atoms with Crippen LogP contribution in [0.25, 0.3) is 0 Å². The van der Waals surface area contributed by atoms with Crippen LogP contribution in [0.2, 0.25) is 0 Å². The molecule has 0 spiro atoms. The highest BCUT2D eigenvalue weighted by Crippen LogP contribution is 2.03. The Morgan fingerprint density at radius 2 is 1.83 bits per heavy atom. The van der Waals surface area contributed by atoms with Crippen LogP contribution in [0.1, 0.15) is 13.8 Å². The number of hydrogen-bond donors (Lipinski definition) is 0. The molecule has 0 aromatic heterocycles. The molecule has 4 heteroatoms. The zero-order chi connectivity index (χ0) is 9.07. The minimum absolute atomic E-state index is 0. The molecule has 3 nitrogen and oxygen atoms in total. The van der Waals surface area contributed by atoms with Gasteiger partial charge in [0.15, 0.2) is 6.04 Å². The van der Waals surface area contributed by atoms with E-state index in [1.807, 2.05) is 35.0 Å². The third-order valence-electron chi connectivity index (χ3n) is 1.79. The van der Waals surface area contributed by atoms with Gasteiger partial charge < -0.3 is 26.2 Å². The molecular weight excluding hydrogens is 222 g/mol. The minimum Gasteiger partial charge on any atom is -1.00 e. The molecule has 0 aliphatic rings. The molecule has 0 amide bonds. The van der Waals surface area contributed by atoms with Crippen LogP contribution in [0.15, 0.2) is 0 Å². The Morgan fingerprint density at radius 1 is 1.42 bits per heavy atom. The number of nitrogens with zero attached hydrogens (tertiary/aromatic N) is 1. The number of quaternary nitrogens is 1. The van der Waals surface area contributed by atoms with Crippen molar-refractivity contribution in [3.63, 3.8) is 0 Å². The number of rotatable bonds is 3. The molecule has 1 atom stereocenters. The van der Waals surface area contributed by atoms with Crippen LogP contribution < -0.4 is 17.0 Å². The standard InChI is InChI=1S/C8H18NO2.BrH/c1-6-11-8(10)7(2)9(3,4)5;/h7H,6H2,1-5H3;1H/q+1;/p-1. The molecule has 0 saturated carbocycles. The van der Waals surface area contributed by atoms with Crippen molar-refractivity contribution >= 4 is 5.97 Å². The summed E-state index contributed by atoms with van der Waals surface area (Å²) in [6, 6.07) is -0.0880. The highest BCUT2D eigenvalue weighted by molar-refractivity contribution is 5.73. The zero-order valence-corrected chi connectivity index (χ0v) is 10.0. The number of esters is 1. The maximum Gasteiger partial charge on any atom is 0.364 e. The number of carbonyl (C=O) groups excluding carboxylic acids is 1. The van der Waals surface area contributed by atoms with Gasteiger partial charge in [-0.2, -0.15) is 0 Å². The van der Waals surface area contributed by atoms with E-state index in [4.69, 9.17) is 4.74 Å². The van der Waals surface area contributed by atoms with Gasteiger partial charge in [-0.05, 0) is 13.8 Å². The van der Waals surface area contributed by atoms with Gasteiger partial charge in [0.05, 0.1) is 27.7 Å². The van der Waals surface area contributed by atoms with Crippen LogP contribution in [-0.4, -0.2) is 44.2 Å². The van der Waals surface area contributed by atoms with Crippen LogP contribution >= 0.6 is 0 Å². The van der Waals surface area contributed by atoms with E-state index in [0.717, 1.165) is 0 Å². The number of ether oxygens (including phenoxy) is 1. The van der Waals surface area contributed by atoms with Crippen molar-refractivity contribution in [1.29, 1.82) is 0 Å². The lowest BCUT2D eigenvalue weighted by atomic mass is 10.3. The molecule has 74 valence electrons. The third-order valence-corrected chi connectivity index (χ3v) is 1.79. The van der Waals surface area contributed by atoms with E-state index in [-0.39, 0.29) is 29.0 Å². The van der Waals surface area contributed by atoms with E-state index in [0.29, 0.717) is 11.1 Å². The fourth-order valence-corrected chi connectivity index (χ4v) is 0.579. The molecule has 0 saturated heterocycles. The van der Waals surface area contributed by atoms with Crippen molar-refractivity contribution in [2.24, 2.45) is 0 Å². The van der Waals surface area contributed by atoms with Crippen molar-refractivity contribution in [3.05, 3.63) is 0 Å². The lowest BCUT2D eigenvalue weighted by Crippen LogP contribution is -3.00. The maximum atomic E-state index is 11.2. The van der Waals surface area contributed by atoms with E-state index in [2.05, 4.69) is 0 Å². The van der Waals surface area contributed by atoms with E-state index >= 15 is 0 Å². The maximum absolute atomic E-state index is 11.2. The van der Waals surface area contributed by atoms with Crippen LogP contribution in [0.4, 0.5) is 0 Å². The van der Waals surface area contributed by atoms with E-state index in [1.165, 1.54) is 0 Å². The van der Waals surface area contributed by atoms with Crippen LogP contribution in [0.5, 0.6) is 0 Å². The highest BCUT2D eigenvalue weighted by atomic mass is 79.9. The SMILES string of the molecule is CCOC(=O)C(C)[N+](C)(C)C.[Br-]. The van der Waals surface area contributed by atoms with E-state index in [9.17, 15) is 4.79 Å². The Balaban J connectivity index is 0. The second-order valence-corrected chi connectivity index (χ2v) is 3.54. The fraction of sp³-hybridized carbons (Fsp3) is 0.875. The summed E-state index contributed by atoms with van der Waals surface area (Å²) < 4.78 is 5.49. The first-order valence-electron chi connectivity index (χ1n) is 3.87. The van der Waals surface area contributed by atoms with Crippen LogP contribution in [0, 0.1) is 0 Å². The molecular formula is C8H18BrNO2. The molecule has 0 aromatic rings. The summed E-state index contributed by atoms with van der Waals surface area (Å²) in [5.41, 5.74) is 0. The molecule has 0 N–H and O–H groups in total. The molecule has 1 unspecified atom stereocenters. The Hall–Kier alpha value is -0.0900. The fourth-order valence-electron chi connectivity index (χ4n) is 0.579. The van der Waals surface area contributed by atoms with Crippen molar-refractivity contribution in [2.75, 3.05) is 27.7 Å². The third kappa shape index (κ3) is 4.72. The largest absolute Gasteiger partial charge is 1.00 e. The predicted octanol–water partition coefficient (Wildman–Crippen LogP) is -2.35. The second-order valence-electron chi connectivity index (χ2n) is 3.54. The summed E-state index contributed by atoms with van der Waals surface area (Å²) in [7, 11) is 5.92. The number of likely N-dealkylation sites (N-methyl/N-ethyl adjacent to an activating group) is 1. The van der Waals surface area contributed by atoms with Gasteiger partial charge in [0, 0.05) is 0 Å². The lowest BCUT2D eigenvalue weighted by Gasteiger charge is -2.29. The molecule has 12 heavy (non-hydrogen) atoms. The van der Waals surface area contributed by atoms with Gasteiger partial charge in [-0.1, -0.05) is 0 Å². The van der Waals surface area contributed by atoms with Crippen LogP contribution in [-0.2, 0) is 9.53 Å². The van der Waals surface area contributed by atoms with Crippen LogP contribution in [0.3, 0.4) is 0 Å². The second kappa shape index (κ2) is 5.54. The van der Waals surface area contributed by atoms with Crippen molar-refractivity contribution in [3.8, 4) is 0 Å². The van der Waals surface area contributed by atoms with Gasteiger partial charge in [-0.25, -0.2) is 4.79 Å². The minimum atomic E-state index is -0.125. The monoisotopic (exact) mass is 239 g/mol. The molecule has 0 aromatic carbocycles. The molecule has 0 aliphatic carbocycles. The lowest BCUT2D eigenvalue weighted by molar-refractivity contribution is -0.885. The Labute approximate surface area is 85.1 Å². The average Bonchev–Trinajstić information content (AvgIpc) is 1.85. The summed E-state index contributed by atoms with van der Waals surface area (Å²) >= 11 is 0. The Morgan fingerprint density at radius 3 is 2.08 bits per heavy atom. The quantitative estimate of drug-likeness (QED) is 0.408. The summed E-state index contributed by atoms with van der Waals surface area (Å²) in [6.07, 6.45) is 0. The number of carbonyl (C=O) groups is 1. The average molecular weight is 240 g/mol. The smallest absolute Gasteiger partial charge is 0.364 e. The topological polar surface area (TPSA) is 26.3 Å². The van der Waals surface area contributed by atoms with Crippen molar-refractivity contribution in [1.82, 2.24) is 0 Å². The van der Waals surface area contributed by atoms with Crippen molar-refractivity contribution < 1.29 is 31.0 Å². The highest BCUT2D eigenvalue weighted by Gasteiger charge is 2.27. The Kier molecular flexibility index (Phi) is 6.66. The van der Waals surface area contributed by atoms with Gasteiger partial charge in [0.25, 0.3) is 0 Å². The molecule has 0 aliphatic heterocycles. The molecule has 0 heterocycles. The van der Waals surface area contributed by atoms with Gasteiger partial charge in [-0.15, -0.1) is 0 Å². The van der Waals surface area contributed by atoms with Crippen molar-refractivity contribution in [2.45, 2.75) is 19.9 Å². The zero-order valence-electron chi connectivity index (χ0n) is 8.43. The number of hydrogen-bond acceptors (Lipinski definition) is 2. The first kappa shape index (κ1) is 14.4.